The maximum Gasteiger partial charge on any atom is 0.342 e. The van der Waals surface area contributed by atoms with Crippen LogP contribution in [0.3, 0.4) is 0 Å². The summed E-state index contributed by atoms with van der Waals surface area (Å²) in [5, 5.41) is 30.7. The van der Waals surface area contributed by atoms with Gasteiger partial charge in [0.05, 0.1) is 12.7 Å². The molecule has 34 heavy (non-hydrogen) atoms. The molecule has 186 valence electrons. The predicted molar refractivity (Wildman–Crippen MR) is 122 cm³/mol. The van der Waals surface area contributed by atoms with Crippen LogP contribution in [0, 0.1) is 5.92 Å². The summed E-state index contributed by atoms with van der Waals surface area (Å²) in [7, 11) is 0. The molecule has 0 aliphatic carbocycles. The van der Waals surface area contributed by atoms with Crippen molar-refractivity contribution >= 4 is 23.8 Å². The van der Waals surface area contributed by atoms with Gasteiger partial charge in [-0.25, -0.2) is 4.79 Å². The number of nitrogens with one attached hydrogen (secondary N) is 1. The van der Waals surface area contributed by atoms with Gasteiger partial charge in [0.15, 0.2) is 5.78 Å². The third-order valence-electron chi connectivity index (χ3n) is 5.20. The van der Waals surface area contributed by atoms with Gasteiger partial charge in [0.25, 0.3) is 0 Å². The van der Waals surface area contributed by atoms with Gasteiger partial charge in [-0.3, -0.25) is 9.59 Å². The number of aliphatic hydroxyl groups excluding tert-OH is 2. The van der Waals surface area contributed by atoms with Crippen molar-refractivity contribution in [1.82, 2.24) is 5.48 Å². The number of phenolic OH excluding ortho intramolecular Hbond substituents is 1. The summed E-state index contributed by atoms with van der Waals surface area (Å²) in [5.41, 5.74) is 2.59. The lowest BCUT2D eigenvalue weighted by Crippen LogP contribution is -2.32. The van der Waals surface area contributed by atoms with Crippen molar-refractivity contribution < 1.29 is 44.0 Å². The van der Waals surface area contributed by atoms with E-state index in [-0.39, 0.29) is 41.6 Å². The first-order chi connectivity index (χ1) is 16.1. The van der Waals surface area contributed by atoms with E-state index in [2.05, 4.69) is 10.3 Å². The Kier molecular flexibility index (Phi) is 10.2. The minimum absolute atomic E-state index is 0.0947. The number of ketones is 1. The first-order valence-corrected chi connectivity index (χ1v) is 11.0. The predicted octanol–water partition coefficient (Wildman–Crippen LogP) is 1.67. The number of carbonyl (C=O) groups excluding carboxylic acids is 3. The fourth-order valence-corrected chi connectivity index (χ4v) is 3.05. The number of carbonyl (C=O) groups is 3. The molecular formula is C24H31NO9. The standard InChI is InChI=1S/C24H31NO9/c1-14-8-9-20(29)23(30)19(28)7-4-6-17-21(32-13-5-12-25-34-16(3)26)11-10-18(27)22(17)24(31)33-15(14)2/h4,6,8-11,14-15,19,23,25,27-28,30H,5,7,12-13H2,1-3H3/b6-4+,9-8-/t14-,15+,19+,23?/m1/s1. The number of ether oxygens (including phenoxy) is 2. The molecule has 0 saturated heterocycles. The number of cyclic esters (lactones) is 1. The molecule has 1 unspecified atom stereocenters. The molecule has 0 radical (unpaired) electrons. The van der Waals surface area contributed by atoms with Crippen LogP contribution in [0.2, 0.25) is 0 Å². The van der Waals surface area contributed by atoms with E-state index in [9.17, 15) is 29.7 Å². The third-order valence-corrected chi connectivity index (χ3v) is 5.20. The van der Waals surface area contributed by atoms with Gasteiger partial charge in [-0.1, -0.05) is 25.2 Å². The number of hydrogen-bond acceptors (Lipinski definition) is 10. The molecule has 0 bridgehead atoms. The Morgan fingerprint density at radius 2 is 1.94 bits per heavy atom. The first kappa shape index (κ1) is 27.0. The monoisotopic (exact) mass is 477 g/mol. The van der Waals surface area contributed by atoms with E-state index in [1.165, 1.54) is 37.3 Å². The SMILES string of the molecule is CC(=O)ONCCCOc1ccc(O)c2c1/C=C/C[C@H](O)C(O)C(=O)/C=C\[C@@H](C)[C@H](C)OC2=O. The Hall–Kier alpha value is -3.21. The first-order valence-electron chi connectivity index (χ1n) is 11.0. The van der Waals surface area contributed by atoms with Gasteiger partial charge in [-0.2, -0.15) is 5.48 Å². The molecule has 4 N–H and O–H groups in total. The highest BCUT2D eigenvalue weighted by Gasteiger charge is 2.26. The van der Waals surface area contributed by atoms with Gasteiger partial charge in [0, 0.05) is 24.9 Å². The van der Waals surface area contributed by atoms with Crippen LogP contribution in [-0.4, -0.2) is 64.5 Å². The van der Waals surface area contributed by atoms with Crippen LogP contribution in [0.15, 0.2) is 30.4 Å². The highest BCUT2D eigenvalue weighted by Crippen LogP contribution is 2.33. The largest absolute Gasteiger partial charge is 0.507 e. The van der Waals surface area contributed by atoms with Crippen LogP contribution in [0.1, 0.15) is 49.5 Å². The van der Waals surface area contributed by atoms with E-state index < -0.39 is 36.0 Å². The second-order valence-corrected chi connectivity index (χ2v) is 7.94. The van der Waals surface area contributed by atoms with Crippen LogP contribution >= 0.6 is 0 Å². The van der Waals surface area contributed by atoms with Gasteiger partial charge < -0.3 is 29.6 Å². The number of fused-ring (bicyclic) bond motifs is 1. The van der Waals surface area contributed by atoms with Crippen molar-refractivity contribution in [1.29, 1.82) is 0 Å². The molecule has 1 aliphatic heterocycles. The van der Waals surface area contributed by atoms with Crippen LogP contribution in [0.25, 0.3) is 6.08 Å². The summed E-state index contributed by atoms with van der Waals surface area (Å²) in [5.74, 6) is -2.34. The van der Waals surface area contributed by atoms with E-state index in [4.69, 9.17) is 9.47 Å². The zero-order valence-corrected chi connectivity index (χ0v) is 19.4. The number of aliphatic hydroxyl groups is 2. The Morgan fingerprint density at radius 3 is 2.65 bits per heavy atom. The molecule has 1 aromatic rings. The quantitative estimate of drug-likeness (QED) is 0.270. The molecule has 0 fully saturated rings. The molecule has 10 nitrogen and oxygen atoms in total. The van der Waals surface area contributed by atoms with Crippen LogP contribution in [0.5, 0.6) is 11.5 Å². The number of benzene rings is 1. The van der Waals surface area contributed by atoms with Gasteiger partial charge in [0.2, 0.25) is 0 Å². The van der Waals surface area contributed by atoms with Crippen LogP contribution in [-0.2, 0) is 19.2 Å². The van der Waals surface area contributed by atoms with Crippen molar-refractivity contribution in [2.75, 3.05) is 13.2 Å². The second kappa shape index (κ2) is 12.9. The molecule has 1 heterocycles. The molecule has 4 atom stereocenters. The Bertz CT molecular complexity index is 941. The highest BCUT2D eigenvalue weighted by atomic mass is 16.7. The van der Waals surface area contributed by atoms with Gasteiger partial charge in [-0.15, -0.1) is 0 Å². The minimum Gasteiger partial charge on any atom is -0.507 e. The van der Waals surface area contributed by atoms with Gasteiger partial charge >= 0.3 is 11.9 Å². The molecule has 2 rings (SSSR count). The Labute approximate surface area is 197 Å². The molecule has 1 aromatic carbocycles. The van der Waals surface area contributed by atoms with Gasteiger partial charge in [-0.05, 0) is 38.0 Å². The third kappa shape index (κ3) is 7.68. The zero-order chi connectivity index (χ0) is 25.3. The van der Waals surface area contributed by atoms with Crippen molar-refractivity contribution in [3.63, 3.8) is 0 Å². The average Bonchev–Trinajstić information content (AvgIpc) is 2.78. The molecule has 0 saturated carbocycles. The fraction of sp³-hybridized carbons (Fsp3) is 0.458. The number of phenols is 1. The smallest absolute Gasteiger partial charge is 0.342 e. The van der Waals surface area contributed by atoms with Crippen molar-refractivity contribution in [2.24, 2.45) is 5.92 Å². The average molecular weight is 478 g/mol. The molecule has 0 aromatic heterocycles. The number of esters is 1. The maximum atomic E-state index is 13.0. The van der Waals surface area contributed by atoms with Gasteiger partial charge in [0.1, 0.15) is 29.3 Å². The lowest BCUT2D eigenvalue weighted by molar-refractivity contribution is -0.148. The molecular weight excluding hydrogens is 446 g/mol. The van der Waals surface area contributed by atoms with E-state index in [1.54, 1.807) is 13.8 Å². The topological polar surface area (TPSA) is 152 Å². The second-order valence-electron chi connectivity index (χ2n) is 7.94. The van der Waals surface area contributed by atoms with E-state index >= 15 is 0 Å². The van der Waals surface area contributed by atoms with E-state index in [0.29, 0.717) is 13.0 Å². The van der Waals surface area contributed by atoms with Crippen molar-refractivity contribution in [2.45, 2.75) is 51.9 Å². The van der Waals surface area contributed by atoms with Crippen LogP contribution in [0.4, 0.5) is 0 Å². The highest BCUT2D eigenvalue weighted by molar-refractivity contribution is 5.98. The molecule has 10 heteroatoms. The normalized spacial score (nSPS) is 25.4. The summed E-state index contributed by atoms with van der Waals surface area (Å²) in [6.45, 7) is 5.16. The summed E-state index contributed by atoms with van der Waals surface area (Å²) >= 11 is 0. The molecule has 1 aliphatic rings. The Morgan fingerprint density at radius 1 is 1.21 bits per heavy atom. The molecule has 0 spiro atoms. The van der Waals surface area contributed by atoms with Crippen molar-refractivity contribution in [3.8, 4) is 11.5 Å². The Balaban J connectivity index is 2.34. The van der Waals surface area contributed by atoms with E-state index in [0.717, 1.165) is 6.08 Å². The zero-order valence-electron chi connectivity index (χ0n) is 19.4. The van der Waals surface area contributed by atoms with Crippen molar-refractivity contribution in [3.05, 3.63) is 41.5 Å². The number of rotatable bonds is 6. The number of aromatic hydroxyl groups is 1. The summed E-state index contributed by atoms with van der Waals surface area (Å²) < 4.78 is 11.3. The summed E-state index contributed by atoms with van der Waals surface area (Å²) in [6.07, 6.45) is 2.30. The summed E-state index contributed by atoms with van der Waals surface area (Å²) in [4.78, 5) is 40.5. The number of hydroxylamine groups is 1. The molecule has 0 amide bonds. The van der Waals surface area contributed by atoms with Crippen LogP contribution < -0.4 is 10.2 Å². The fourth-order valence-electron chi connectivity index (χ4n) is 3.05. The minimum atomic E-state index is -1.61. The lowest BCUT2D eigenvalue weighted by atomic mass is 9.99. The summed E-state index contributed by atoms with van der Waals surface area (Å²) in [6, 6.07) is 2.80. The van der Waals surface area contributed by atoms with E-state index in [1.807, 2.05) is 0 Å². The maximum absolute atomic E-state index is 13.0. The number of hydrogen-bond donors (Lipinski definition) is 4. The lowest BCUT2D eigenvalue weighted by Gasteiger charge is -2.21.